The highest BCUT2D eigenvalue weighted by Gasteiger charge is 2.01. The van der Waals surface area contributed by atoms with Crippen LogP contribution in [0.4, 0.5) is 0 Å². The smallest absolute Gasteiger partial charge is 0.233 e. The molecule has 0 amide bonds. The van der Waals surface area contributed by atoms with E-state index < -0.39 is 6.10 Å². The van der Waals surface area contributed by atoms with Crippen molar-refractivity contribution in [3.05, 3.63) is 12.3 Å². The SMILES string of the molecule is CC(O)Cn1ccc(OCC#N)n1. The van der Waals surface area contributed by atoms with Crippen LogP contribution < -0.4 is 4.74 Å². The normalized spacial score (nSPS) is 12.1. The van der Waals surface area contributed by atoms with E-state index in [9.17, 15) is 0 Å². The summed E-state index contributed by atoms with van der Waals surface area (Å²) in [5.74, 6) is 0.405. The lowest BCUT2D eigenvalue weighted by atomic mass is 10.4. The first-order valence-electron chi connectivity index (χ1n) is 3.93. The number of aliphatic hydroxyl groups excluding tert-OH is 1. The average Bonchev–Trinajstić information content (AvgIpc) is 2.48. The van der Waals surface area contributed by atoms with E-state index in [0.717, 1.165) is 0 Å². The third kappa shape index (κ3) is 3.13. The molecule has 0 radical (unpaired) electrons. The molecule has 0 saturated carbocycles. The first-order valence-corrected chi connectivity index (χ1v) is 3.93. The van der Waals surface area contributed by atoms with Crippen LogP contribution in [0.5, 0.6) is 5.88 Å². The van der Waals surface area contributed by atoms with Gasteiger partial charge in [0, 0.05) is 12.3 Å². The minimum Gasteiger partial charge on any atom is -0.461 e. The molecule has 1 aromatic rings. The zero-order valence-electron chi connectivity index (χ0n) is 7.34. The lowest BCUT2D eigenvalue weighted by molar-refractivity contribution is 0.167. The Balaban J connectivity index is 2.49. The third-order valence-electron chi connectivity index (χ3n) is 1.35. The number of nitriles is 1. The van der Waals surface area contributed by atoms with Crippen LogP contribution in [-0.4, -0.2) is 27.6 Å². The van der Waals surface area contributed by atoms with Crippen LogP contribution in [0, 0.1) is 11.3 Å². The Morgan fingerprint density at radius 2 is 2.62 bits per heavy atom. The molecule has 1 N–H and O–H groups in total. The number of hydrogen-bond acceptors (Lipinski definition) is 4. The van der Waals surface area contributed by atoms with Gasteiger partial charge in [0.1, 0.15) is 6.07 Å². The Labute approximate surface area is 76.2 Å². The second-order valence-corrected chi connectivity index (χ2v) is 2.67. The molecule has 0 aliphatic rings. The number of nitrogens with zero attached hydrogens (tertiary/aromatic N) is 3. The first-order chi connectivity index (χ1) is 6.22. The van der Waals surface area contributed by atoms with Crippen molar-refractivity contribution in [3.8, 4) is 11.9 Å². The van der Waals surface area contributed by atoms with Crippen LogP contribution in [0.1, 0.15) is 6.92 Å². The van der Waals surface area contributed by atoms with E-state index in [4.69, 9.17) is 15.1 Å². The van der Waals surface area contributed by atoms with Gasteiger partial charge in [-0.15, -0.1) is 5.10 Å². The van der Waals surface area contributed by atoms with Crippen molar-refractivity contribution in [1.82, 2.24) is 9.78 Å². The van der Waals surface area contributed by atoms with Gasteiger partial charge in [0.05, 0.1) is 12.6 Å². The number of hydrogen-bond donors (Lipinski definition) is 1. The van der Waals surface area contributed by atoms with Crippen molar-refractivity contribution >= 4 is 0 Å². The van der Waals surface area contributed by atoms with E-state index in [1.807, 2.05) is 6.07 Å². The molecule has 0 fully saturated rings. The minimum atomic E-state index is -0.441. The average molecular weight is 181 g/mol. The highest BCUT2D eigenvalue weighted by atomic mass is 16.5. The van der Waals surface area contributed by atoms with E-state index in [-0.39, 0.29) is 6.61 Å². The van der Waals surface area contributed by atoms with Gasteiger partial charge in [-0.2, -0.15) is 5.26 Å². The summed E-state index contributed by atoms with van der Waals surface area (Å²) < 4.78 is 6.51. The van der Waals surface area contributed by atoms with E-state index in [1.54, 1.807) is 23.9 Å². The Hall–Kier alpha value is -1.54. The van der Waals surface area contributed by atoms with Crippen LogP contribution in [0.3, 0.4) is 0 Å². The topological polar surface area (TPSA) is 71.1 Å². The molecule has 0 saturated heterocycles. The molecule has 0 aromatic carbocycles. The molecule has 1 atom stereocenters. The molecule has 70 valence electrons. The maximum Gasteiger partial charge on any atom is 0.233 e. The van der Waals surface area contributed by atoms with Crippen LogP contribution in [0.25, 0.3) is 0 Å². The molecule has 0 spiro atoms. The lowest BCUT2D eigenvalue weighted by Gasteiger charge is -2.02. The molecule has 1 heterocycles. The van der Waals surface area contributed by atoms with Crippen molar-refractivity contribution in [3.63, 3.8) is 0 Å². The van der Waals surface area contributed by atoms with Crippen molar-refractivity contribution in [1.29, 1.82) is 5.26 Å². The largest absolute Gasteiger partial charge is 0.461 e. The summed E-state index contributed by atoms with van der Waals surface area (Å²) >= 11 is 0. The summed E-state index contributed by atoms with van der Waals surface area (Å²) in [5.41, 5.74) is 0. The molecular formula is C8H11N3O2. The summed E-state index contributed by atoms with van der Waals surface area (Å²) in [6.45, 7) is 2.10. The van der Waals surface area contributed by atoms with Gasteiger partial charge >= 0.3 is 0 Å². The summed E-state index contributed by atoms with van der Waals surface area (Å²) in [6, 6.07) is 3.50. The molecule has 0 bridgehead atoms. The Morgan fingerprint density at radius 3 is 3.23 bits per heavy atom. The number of aromatic nitrogens is 2. The minimum absolute atomic E-state index is 0.00824. The van der Waals surface area contributed by atoms with Gasteiger partial charge in [-0.25, -0.2) is 0 Å². The molecule has 13 heavy (non-hydrogen) atoms. The third-order valence-corrected chi connectivity index (χ3v) is 1.35. The summed E-state index contributed by atoms with van der Waals surface area (Å²) in [5, 5.41) is 21.2. The zero-order chi connectivity index (χ0) is 9.68. The Bertz CT molecular complexity index is 301. The predicted molar refractivity (Wildman–Crippen MR) is 45.0 cm³/mol. The van der Waals surface area contributed by atoms with Crippen LogP contribution >= 0.6 is 0 Å². The fraction of sp³-hybridized carbons (Fsp3) is 0.500. The summed E-state index contributed by atoms with van der Waals surface area (Å²) in [4.78, 5) is 0. The van der Waals surface area contributed by atoms with Crippen LogP contribution in [0.2, 0.25) is 0 Å². The molecular weight excluding hydrogens is 170 g/mol. The number of rotatable bonds is 4. The van der Waals surface area contributed by atoms with E-state index in [1.165, 1.54) is 0 Å². The fourth-order valence-corrected chi connectivity index (χ4v) is 0.899. The summed E-state index contributed by atoms with van der Waals surface area (Å²) in [7, 11) is 0. The lowest BCUT2D eigenvalue weighted by Crippen LogP contribution is -2.12. The fourth-order valence-electron chi connectivity index (χ4n) is 0.899. The first kappa shape index (κ1) is 9.55. The van der Waals surface area contributed by atoms with Crippen LogP contribution in [0.15, 0.2) is 12.3 Å². The van der Waals surface area contributed by atoms with Crippen molar-refractivity contribution < 1.29 is 9.84 Å². The molecule has 0 aliphatic heterocycles. The second-order valence-electron chi connectivity index (χ2n) is 2.67. The molecule has 0 aliphatic carbocycles. The predicted octanol–water partition coefficient (Wildman–Crippen LogP) is 0.166. The highest BCUT2D eigenvalue weighted by Crippen LogP contribution is 2.05. The monoisotopic (exact) mass is 181 g/mol. The van der Waals surface area contributed by atoms with E-state index in [0.29, 0.717) is 12.4 Å². The van der Waals surface area contributed by atoms with Crippen molar-refractivity contribution in [2.24, 2.45) is 0 Å². The number of ether oxygens (including phenoxy) is 1. The maximum absolute atomic E-state index is 9.04. The Kier molecular flexibility index (Phi) is 3.29. The number of aliphatic hydroxyl groups is 1. The summed E-state index contributed by atoms with van der Waals surface area (Å²) in [6.07, 6.45) is 1.25. The highest BCUT2D eigenvalue weighted by molar-refractivity contribution is 5.06. The zero-order valence-corrected chi connectivity index (χ0v) is 7.34. The quantitative estimate of drug-likeness (QED) is 0.718. The second kappa shape index (κ2) is 4.48. The van der Waals surface area contributed by atoms with Crippen LogP contribution in [-0.2, 0) is 6.54 Å². The maximum atomic E-state index is 9.04. The van der Waals surface area contributed by atoms with Gasteiger partial charge in [0.25, 0.3) is 0 Å². The molecule has 1 rings (SSSR count). The van der Waals surface area contributed by atoms with Gasteiger partial charge < -0.3 is 9.84 Å². The van der Waals surface area contributed by atoms with Crippen molar-refractivity contribution in [2.75, 3.05) is 6.61 Å². The van der Waals surface area contributed by atoms with Crippen molar-refractivity contribution in [2.45, 2.75) is 19.6 Å². The molecule has 1 aromatic heterocycles. The Morgan fingerprint density at radius 1 is 1.85 bits per heavy atom. The van der Waals surface area contributed by atoms with Gasteiger partial charge in [0.2, 0.25) is 5.88 Å². The molecule has 5 nitrogen and oxygen atoms in total. The van der Waals surface area contributed by atoms with Gasteiger partial charge in [0.15, 0.2) is 6.61 Å². The van der Waals surface area contributed by atoms with Gasteiger partial charge in [-0.05, 0) is 6.92 Å². The van der Waals surface area contributed by atoms with Gasteiger partial charge in [-0.1, -0.05) is 0 Å². The standard InChI is InChI=1S/C8H11N3O2/c1-7(12)6-11-4-2-8(10-11)13-5-3-9/h2,4,7,12H,5-6H2,1H3. The molecule has 1 unspecified atom stereocenters. The van der Waals surface area contributed by atoms with Gasteiger partial charge in [-0.3, -0.25) is 4.68 Å². The van der Waals surface area contributed by atoms with E-state index >= 15 is 0 Å². The molecule has 5 heteroatoms. The van der Waals surface area contributed by atoms with E-state index in [2.05, 4.69) is 5.10 Å².